The first-order valence-corrected chi connectivity index (χ1v) is 7.31. The molecular formula is C14H30N2O2. The van der Waals surface area contributed by atoms with E-state index in [9.17, 15) is 0 Å². The van der Waals surface area contributed by atoms with E-state index in [1.165, 1.54) is 38.8 Å². The van der Waals surface area contributed by atoms with Gasteiger partial charge in [-0.25, -0.2) is 0 Å². The molecule has 1 aliphatic heterocycles. The molecule has 1 aliphatic rings. The van der Waals surface area contributed by atoms with Gasteiger partial charge in [-0.3, -0.25) is 0 Å². The summed E-state index contributed by atoms with van der Waals surface area (Å²) in [5.41, 5.74) is 0. The van der Waals surface area contributed by atoms with Gasteiger partial charge in [0.1, 0.15) is 0 Å². The Morgan fingerprint density at radius 1 is 0.556 bits per heavy atom. The van der Waals surface area contributed by atoms with E-state index in [-0.39, 0.29) is 0 Å². The van der Waals surface area contributed by atoms with Gasteiger partial charge < -0.3 is 19.3 Å². The molecule has 0 N–H and O–H groups in total. The van der Waals surface area contributed by atoms with E-state index in [1.54, 1.807) is 0 Å². The highest BCUT2D eigenvalue weighted by molar-refractivity contribution is 4.55. The summed E-state index contributed by atoms with van der Waals surface area (Å²) in [6, 6.07) is 0. The van der Waals surface area contributed by atoms with Gasteiger partial charge in [-0.05, 0) is 40.0 Å². The number of nitrogens with zero attached hydrogens (tertiary/aromatic N) is 2. The Hall–Kier alpha value is -0.160. The van der Waals surface area contributed by atoms with E-state index in [0.29, 0.717) is 0 Å². The Morgan fingerprint density at radius 2 is 1.00 bits per heavy atom. The summed E-state index contributed by atoms with van der Waals surface area (Å²) in [5, 5.41) is 0. The zero-order valence-corrected chi connectivity index (χ0v) is 12.2. The van der Waals surface area contributed by atoms with Crippen LogP contribution in [0.1, 0.15) is 25.7 Å². The monoisotopic (exact) mass is 258 g/mol. The van der Waals surface area contributed by atoms with Crippen molar-refractivity contribution in [2.24, 2.45) is 0 Å². The molecule has 0 saturated carbocycles. The highest BCUT2D eigenvalue weighted by Crippen LogP contribution is 2.02. The second-order valence-electron chi connectivity index (χ2n) is 5.25. The Kier molecular flexibility index (Phi) is 9.48. The fraction of sp³-hybridized carbons (Fsp3) is 1.00. The highest BCUT2D eigenvalue weighted by Gasteiger charge is 2.01. The van der Waals surface area contributed by atoms with Crippen molar-refractivity contribution in [2.45, 2.75) is 25.7 Å². The van der Waals surface area contributed by atoms with Gasteiger partial charge in [-0.2, -0.15) is 0 Å². The molecule has 18 heavy (non-hydrogen) atoms. The molecule has 0 aromatic rings. The van der Waals surface area contributed by atoms with Gasteiger partial charge in [0.15, 0.2) is 0 Å². The van der Waals surface area contributed by atoms with E-state index in [4.69, 9.17) is 9.47 Å². The lowest BCUT2D eigenvalue weighted by atomic mass is 10.2. The van der Waals surface area contributed by atoms with Crippen LogP contribution in [0.15, 0.2) is 0 Å². The standard InChI is InChI=1S/C14H30N2O2/c1-15-7-5-3-4-6-8-16(2)10-12-18-14-13-17-11-9-15/h3-14H2,1-2H3. The third-order valence-corrected chi connectivity index (χ3v) is 3.44. The van der Waals surface area contributed by atoms with Crippen molar-refractivity contribution in [1.29, 1.82) is 0 Å². The maximum absolute atomic E-state index is 5.55. The zero-order chi connectivity index (χ0) is 13.1. The molecule has 4 nitrogen and oxygen atoms in total. The normalized spacial score (nSPS) is 25.0. The fourth-order valence-electron chi connectivity index (χ4n) is 2.10. The van der Waals surface area contributed by atoms with Gasteiger partial charge >= 0.3 is 0 Å². The minimum Gasteiger partial charge on any atom is -0.378 e. The lowest BCUT2D eigenvalue weighted by molar-refractivity contribution is 0.0344. The third-order valence-electron chi connectivity index (χ3n) is 3.44. The van der Waals surface area contributed by atoms with Crippen LogP contribution in [0.4, 0.5) is 0 Å². The van der Waals surface area contributed by atoms with Crippen LogP contribution in [0, 0.1) is 0 Å². The van der Waals surface area contributed by atoms with Crippen LogP contribution < -0.4 is 0 Å². The van der Waals surface area contributed by atoms with E-state index < -0.39 is 0 Å². The molecule has 0 aromatic carbocycles. The van der Waals surface area contributed by atoms with Crippen LogP contribution in [0.25, 0.3) is 0 Å². The summed E-state index contributed by atoms with van der Waals surface area (Å²) in [6.07, 6.45) is 5.30. The van der Waals surface area contributed by atoms with Crippen molar-refractivity contribution in [3.8, 4) is 0 Å². The number of rotatable bonds is 0. The Labute approximate surface area is 112 Å². The van der Waals surface area contributed by atoms with Crippen molar-refractivity contribution in [1.82, 2.24) is 9.80 Å². The largest absolute Gasteiger partial charge is 0.378 e. The molecule has 0 unspecified atom stereocenters. The molecule has 1 heterocycles. The Morgan fingerprint density at radius 3 is 1.44 bits per heavy atom. The zero-order valence-electron chi connectivity index (χ0n) is 12.2. The third kappa shape index (κ3) is 8.86. The first-order chi connectivity index (χ1) is 8.79. The molecule has 0 radical (unpaired) electrons. The minimum atomic E-state index is 0.720. The minimum absolute atomic E-state index is 0.720. The topological polar surface area (TPSA) is 24.9 Å². The maximum atomic E-state index is 5.55. The summed E-state index contributed by atoms with van der Waals surface area (Å²) in [7, 11) is 4.35. The van der Waals surface area contributed by atoms with Gasteiger partial charge in [-0.15, -0.1) is 0 Å². The van der Waals surface area contributed by atoms with Crippen molar-refractivity contribution in [3.05, 3.63) is 0 Å². The molecule has 0 aromatic heterocycles. The van der Waals surface area contributed by atoms with E-state index in [1.807, 2.05) is 0 Å². The van der Waals surface area contributed by atoms with Crippen molar-refractivity contribution < 1.29 is 9.47 Å². The van der Waals surface area contributed by atoms with Gasteiger partial charge in [0, 0.05) is 13.1 Å². The predicted octanol–water partition coefficient (Wildman–Crippen LogP) is 1.46. The maximum Gasteiger partial charge on any atom is 0.0701 e. The molecule has 0 bridgehead atoms. The first-order valence-electron chi connectivity index (χ1n) is 7.31. The van der Waals surface area contributed by atoms with Crippen LogP contribution in [0.5, 0.6) is 0 Å². The molecule has 0 atom stereocenters. The van der Waals surface area contributed by atoms with Crippen molar-refractivity contribution in [3.63, 3.8) is 0 Å². The molecule has 4 heteroatoms. The van der Waals surface area contributed by atoms with Crippen LogP contribution in [-0.2, 0) is 9.47 Å². The molecule has 0 amide bonds. The number of ether oxygens (including phenoxy) is 2. The fourth-order valence-corrected chi connectivity index (χ4v) is 2.10. The van der Waals surface area contributed by atoms with Crippen LogP contribution >= 0.6 is 0 Å². The molecule has 0 aliphatic carbocycles. The quantitative estimate of drug-likeness (QED) is 0.657. The second-order valence-corrected chi connectivity index (χ2v) is 5.25. The lowest BCUT2D eigenvalue weighted by Crippen LogP contribution is -2.27. The van der Waals surface area contributed by atoms with Gasteiger partial charge in [0.05, 0.1) is 26.4 Å². The van der Waals surface area contributed by atoms with Crippen LogP contribution in [0.3, 0.4) is 0 Å². The lowest BCUT2D eigenvalue weighted by Gasteiger charge is -2.19. The summed E-state index contributed by atoms with van der Waals surface area (Å²) >= 11 is 0. The molecule has 1 fully saturated rings. The molecule has 0 spiro atoms. The van der Waals surface area contributed by atoms with Gasteiger partial charge in [-0.1, -0.05) is 12.8 Å². The van der Waals surface area contributed by atoms with E-state index >= 15 is 0 Å². The van der Waals surface area contributed by atoms with Crippen molar-refractivity contribution >= 4 is 0 Å². The Balaban J connectivity index is 2.17. The smallest absolute Gasteiger partial charge is 0.0701 e. The van der Waals surface area contributed by atoms with Gasteiger partial charge in [0.25, 0.3) is 0 Å². The Bertz CT molecular complexity index is 171. The van der Waals surface area contributed by atoms with Gasteiger partial charge in [0.2, 0.25) is 0 Å². The summed E-state index contributed by atoms with van der Waals surface area (Å²) < 4.78 is 11.1. The summed E-state index contributed by atoms with van der Waals surface area (Å²) in [4.78, 5) is 4.72. The molecule has 108 valence electrons. The van der Waals surface area contributed by atoms with Crippen LogP contribution in [-0.4, -0.2) is 76.5 Å². The SMILES string of the molecule is CN1CCCCCCN(C)CCOCCOCC1. The highest BCUT2D eigenvalue weighted by atomic mass is 16.5. The number of likely N-dealkylation sites (N-methyl/N-ethyl adjacent to an activating group) is 2. The van der Waals surface area contributed by atoms with Crippen molar-refractivity contribution in [2.75, 3.05) is 66.7 Å². The van der Waals surface area contributed by atoms with Crippen LogP contribution in [0.2, 0.25) is 0 Å². The predicted molar refractivity (Wildman–Crippen MR) is 75.1 cm³/mol. The van der Waals surface area contributed by atoms with E-state index in [2.05, 4.69) is 23.9 Å². The molecule has 1 rings (SSSR count). The average molecular weight is 258 g/mol. The molecular weight excluding hydrogens is 228 g/mol. The summed E-state index contributed by atoms with van der Waals surface area (Å²) in [5.74, 6) is 0. The van der Waals surface area contributed by atoms with E-state index in [0.717, 1.165) is 39.5 Å². The number of hydrogen-bond donors (Lipinski definition) is 0. The number of hydrogen-bond acceptors (Lipinski definition) is 4. The second kappa shape index (κ2) is 10.7. The molecule has 1 saturated heterocycles. The first kappa shape index (κ1) is 15.9. The average Bonchev–Trinajstić information content (AvgIpc) is 2.35. The summed E-state index contributed by atoms with van der Waals surface area (Å²) in [6.45, 7) is 7.52.